The summed E-state index contributed by atoms with van der Waals surface area (Å²) in [5.74, 6) is 0.972. The fraction of sp³-hybridized carbons (Fsp3) is 0.217. The number of nitrogens with zero attached hydrogens (tertiary/aromatic N) is 1. The van der Waals surface area contributed by atoms with E-state index in [4.69, 9.17) is 4.74 Å². The van der Waals surface area contributed by atoms with Crippen molar-refractivity contribution in [3.63, 3.8) is 0 Å². The standard InChI is InChI=1S/C23H22N2O2/c26-22(12-11-17-6-2-1-3-7-17)25-16-20-14-18-8-4-10-21(23(18)27-20)19-9-5-13-24-15-19/h1-10,13,15,20H,11-12,14,16H2,(H,25,26)/t20-/m1/s1. The molecule has 136 valence electrons. The molecule has 2 heterocycles. The first-order chi connectivity index (χ1) is 13.3. The number of para-hydroxylation sites is 1. The molecule has 0 fully saturated rings. The second-order valence-electron chi connectivity index (χ2n) is 6.77. The molecule has 1 amide bonds. The Bertz CT molecular complexity index is 910. The number of hydrogen-bond donors (Lipinski definition) is 1. The fourth-order valence-electron chi connectivity index (χ4n) is 3.42. The van der Waals surface area contributed by atoms with Crippen LogP contribution in [0.5, 0.6) is 5.75 Å². The van der Waals surface area contributed by atoms with Crippen LogP contribution in [0.3, 0.4) is 0 Å². The molecule has 0 radical (unpaired) electrons. The molecule has 1 aliphatic rings. The maximum absolute atomic E-state index is 12.2. The number of benzene rings is 2. The van der Waals surface area contributed by atoms with Crippen molar-refractivity contribution < 1.29 is 9.53 Å². The zero-order chi connectivity index (χ0) is 18.5. The number of amides is 1. The number of rotatable bonds is 6. The summed E-state index contributed by atoms with van der Waals surface area (Å²) in [5.41, 5.74) is 4.46. The third-order valence-electron chi connectivity index (χ3n) is 4.81. The highest BCUT2D eigenvalue weighted by atomic mass is 16.5. The second-order valence-corrected chi connectivity index (χ2v) is 6.77. The first-order valence-electron chi connectivity index (χ1n) is 9.29. The SMILES string of the molecule is O=C(CCc1ccccc1)NC[C@H]1Cc2cccc(-c3cccnc3)c2O1. The van der Waals surface area contributed by atoms with Crippen LogP contribution in [-0.2, 0) is 17.6 Å². The van der Waals surface area contributed by atoms with Crippen molar-refractivity contribution >= 4 is 5.91 Å². The molecule has 0 saturated carbocycles. The van der Waals surface area contributed by atoms with Gasteiger partial charge >= 0.3 is 0 Å². The normalized spacial score (nSPS) is 15.0. The number of aromatic nitrogens is 1. The number of ether oxygens (including phenoxy) is 1. The van der Waals surface area contributed by atoms with Crippen molar-refractivity contribution in [3.05, 3.63) is 84.2 Å². The molecule has 0 saturated heterocycles. The lowest BCUT2D eigenvalue weighted by Gasteiger charge is -2.13. The molecule has 27 heavy (non-hydrogen) atoms. The quantitative estimate of drug-likeness (QED) is 0.729. The molecule has 0 bridgehead atoms. The highest BCUT2D eigenvalue weighted by molar-refractivity contribution is 5.76. The Kier molecular flexibility index (Phi) is 5.15. The topological polar surface area (TPSA) is 51.2 Å². The van der Waals surface area contributed by atoms with Crippen LogP contribution in [-0.4, -0.2) is 23.5 Å². The van der Waals surface area contributed by atoms with Crippen molar-refractivity contribution in [2.24, 2.45) is 0 Å². The van der Waals surface area contributed by atoms with E-state index in [1.165, 1.54) is 11.1 Å². The van der Waals surface area contributed by atoms with Crippen LogP contribution in [0.4, 0.5) is 0 Å². The van der Waals surface area contributed by atoms with Crippen molar-refractivity contribution in [3.8, 4) is 16.9 Å². The molecule has 0 unspecified atom stereocenters. The van der Waals surface area contributed by atoms with Crippen LogP contribution in [0.25, 0.3) is 11.1 Å². The number of carbonyl (C=O) groups excluding carboxylic acids is 1. The predicted octanol–water partition coefficient (Wildman–Crippen LogP) is 3.80. The fourth-order valence-corrected chi connectivity index (χ4v) is 3.42. The summed E-state index contributed by atoms with van der Waals surface area (Å²) in [6.07, 6.45) is 5.63. The van der Waals surface area contributed by atoms with Gasteiger partial charge in [-0.25, -0.2) is 0 Å². The Hall–Kier alpha value is -3.14. The summed E-state index contributed by atoms with van der Waals surface area (Å²) in [7, 11) is 0. The Balaban J connectivity index is 1.33. The lowest BCUT2D eigenvalue weighted by Crippen LogP contribution is -2.34. The third-order valence-corrected chi connectivity index (χ3v) is 4.81. The average Bonchev–Trinajstić information content (AvgIpc) is 3.15. The summed E-state index contributed by atoms with van der Waals surface area (Å²) < 4.78 is 6.16. The molecule has 1 N–H and O–H groups in total. The van der Waals surface area contributed by atoms with Gasteiger partial charge in [0.05, 0.1) is 6.54 Å². The monoisotopic (exact) mass is 358 g/mol. The van der Waals surface area contributed by atoms with Gasteiger partial charge in [-0.2, -0.15) is 0 Å². The largest absolute Gasteiger partial charge is 0.487 e. The first kappa shape index (κ1) is 17.3. The lowest BCUT2D eigenvalue weighted by molar-refractivity contribution is -0.121. The van der Waals surface area contributed by atoms with Gasteiger partial charge in [0.2, 0.25) is 5.91 Å². The van der Waals surface area contributed by atoms with Gasteiger partial charge in [-0.3, -0.25) is 9.78 Å². The van der Waals surface area contributed by atoms with Crippen LogP contribution in [0.1, 0.15) is 17.5 Å². The van der Waals surface area contributed by atoms with E-state index in [1.807, 2.05) is 54.7 Å². The van der Waals surface area contributed by atoms with Gasteiger partial charge in [0.1, 0.15) is 11.9 Å². The molecule has 1 aliphatic heterocycles. The van der Waals surface area contributed by atoms with Crippen LogP contribution >= 0.6 is 0 Å². The number of carbonyl (C=O) groups is 1. The van der Waals surface area contributed by atoms with E-state index < -0.39 is 0 Å². The Morgan fingerprint density at radius 2 is 1.96 bits per heavy atom. The van der Waals surface area contributed by atoms with Gasteiger partial charge in [0, 0.05) is 36.4 Å². The van der Waals surface area contributed by atoms with Gasteiger partial charge in [-0.05, 0) is 23.6 Å². The number of hydrogen-bond acceptors (Lipinski definition) is 3. The van der Waals surface area contributed by atoms with E-state index in [2.05, 4.69) is 22.4 Å². The molecule has 0 spiro atoms. The van der Waals surface area contributed by atoms with Crippen molar-refractivity contribution in [2.45, 2.75) is 25.4 Å². The van der Waals surface area contributed by atoms with Gasteiger partial charge < -0.3 is 10.1 Å². The minimum absolute atomic E-state index is 0.0292. The van der Waals surface area contributed by atoms with Crippen molar-refractivity contribution in [1.29, 1.82) is 0 Å². The molecule has 0 aliphatic carbocycles. The number of pyridine rings is 1. The maximum atomic E-state index is 12.2. The average molecular weight is 358 g/mol. The van der Waals surface area contributed by atoms with Crippen LogP contribution < -0.4 is 10.1 Å². The number of fused-ring (bicyclic) bond motifs is 1. The lowest BCUT2D eigenvalue weighted by atomic mass is 10.0. The Morgan fingerprint density at radius 3 is 2.78 bits per heavy atom. The molecule has 4 heteroatoms. The van der Waals surface area contributed by atoms with Crippen molar-refractivity contribution in [2.75, 3.05) is 6.54 Å². The minimum Gasteiger partial charge on any atom is -0.487 e. The summed E-state index contributed by atoms with van der Waals surface area (Å²) in [6, 6.07) is 20.2. The van der Waals surface area contributed by atoms with Crippen LogP contribution in [0.2, 0.25) is 0 Å². The predicted molar refractivity (Wildman–Crippen MR) is 106 cm³/mol. The van der Waals surface area contributed by atoms with E-state index in [9.17, 15) is 4.79 Å². The van der Waals surface area contributed by atoms with Crippen LogP contribution in [0.15, 0.2) is 73.1 Å². The molecular weight excluding hydrogens is 336 g/mol. The van der Waals surface area contributed by atoms with E-state index in [-0.39, 0.29) is 12.0 Å². The van der Waals surface area contributed by atoms with Gasteiger partial charge in [0.25, 0.3) is 0 Å². The highest BCUT2D eigenvalue weighted by Gasteiger charge is 2.26. The molecule has 2 aromatic carbocycles. The number of aryl methyl sites for hydroxylation is 1. The molecule has 1 aromatic heterocycles. The van der Waals surface area contributed by atoms with E-state index >= 15 is 0 Å². The van der Waals surface area contributed by atoms with E-state index in [0.717, 1.165) is 29.7 Å². The van der Waals surface area contributed by atoms with Gasteiger partial charge in [0.15, 0.2) is 0 Å². The Labute approximate surface area is 159 Å². The van der Waals surface area contributed by atoms with Crippen LogP contribution in [0, 0.1) is 0 Å². The minimum atomic E-state index is -0.0292. The van der Waals surface area contributed by atoms with E-state index in [1.54, 1.807) is 6.20 Å². The Morgan fingerprint density at radius 1 is 1.07 bits per heavy atom. The first-order valence-corrected chi connectivity index (χ1v) is 9.29. The molecule has 4 nitrogen and oxygen atoms in total. The van der Waals surface area contributed by atoms with Gasteiger partial charge in [-0.15, -0.1) is 0 Å². The second kappa shape index (κ2) is 8.04. The smallest absolute Gasteiger partial charge is 0.220 e. The summed E-state index contributed by atoms with van der Waals surface area (Å²) in [5, 5.41) is 3.01. The zero-order valence-corrected chi connectivity index (χ0v) is 15.1. The zero-order valence-electron chi connectivity index (χ0n) is 15.1. The molecule has 1 atom stereocenters. The summed E-state index contributed by atoms with van der Waals surface area (Å²) in [6.45, 7) is 0.523. The molecular formula is C23H22N2O2. The maximum Gasteiger partial charge on any atom is 0.220 e. The third kappa shape index (κ3) is 4.17. The molecule has 3 aromatic rings. The van der Waals surface area contributed by atoms with Crippen molar-refractivity contribution in [1.82, 2.24) is 10.3 Å². The van der Waals surface area contributed by atoms with Gasteiger partial charge in [-0.1, -0.05) is 54.6 Å². The number of nitrogens with one attached hydrogen (secondary N) is 1. The highest BCUT2D eigenvalue weighted by Crippen LogP contribution is 2.38. The van der Waals surface area contributed by atoms with E-state index in [0.29, 0.717) is 13.0 Å². The molecule has 4 rings (SSSR count). The summed E-state index contributed by atoms with van der Waals surface area (Å²) in [4.78, 5) is 16.4. The summed E-state index contributed by atoms with van der Waals surface area (Å²) >= 11 is 0.